The number of carboxylic acids is 2. The van der Waals surface area contributed by atoms with Gasteiger partial charge in [0.05, 0.1) is 44.9 Å². The van der Waals surface area contributed by atoms with Crippen molar-refractivity contribution >= 4 is 136 Å². The monoisotopic (exact) mass is 2100 g/mol. The second-order valence-electron chi connectivity index (χ2n) is 38.6. The molecule has 19 amide bonds. The largest absolute Gasteiger partial charge is 0.481 e. The molecule has 0 saturated carbocycles. The van der Waals surface area contributed by atoms with Crippen molar-refractivity contribution in [1.29, 1.82) is 0 Å². The second kappa shape index (κ2) is 68.0. The number of carboxylic acid groups (broad SMARTS) is 2. The number of nitrogens with two attached hydrogens (primary N) is 3. The molecule has 48 nitrogen and oxygen atoms in total. The van der Waals surface area contributed by atoms with Crippen LogP contribution in [-0.4, -0.2) is 315 Å². The van der Waals surface area contributed by atoms with Crippen molar-refractivity contribution in [3.05, 3.63) is 71.8 Å². The zero-order valence-corrected chi connectivity index (χ0v) is 88.1. The molecular formula is C98H161N21O27S. The Morgan fingerprint density at radius 2 is 0.646 bits per heavy atom. The van der Waals surface area contributed by atoms with Crippen LogP contribution in [0.15, 0.2) is 60.7 Å². The number of rotatable bonds is 71. The first kappa shape index (κ1) is 130. The number of primary amides is 1. The van der Waals surface area contributed by atoms with Gasteiger partial charge in [-0.1, -0.05) is 183 Å². The number of aliphatic carboxylic acids is 2. The lowest BCUT2D eigenvalue weighted by Crippen LogP contribution is -2.63. The number of benzene rings is 2. The SMILES string of the molecule is CC[C@H](C)[C@H](NC(=O)[C@H](Cc1ccccc1)NC(=O)[C@@H](NC(=O)[C@H](CO)NC(=O)[C@H](CC(C)C)NC(=O)[C@H](CC(C)C)NC(=O)[C@H](CC(C)C)NC(=O)[C@@H](NC(=O)[C@@H](NC(=O)[C@H](CO)NC(=O)[C@H](Cc1ccccc1)NC(=O)CNC(=O)[C@H](CC(C)C)NC(=O)[C@@H](N)CCCCN)[C@@H](C)O)[C@@H](C)CC)[C@@H](C)CC)C(=O)N[C@@H](CCSC)C(=O)N[C@@H](CO)C(=O)N[C@@H](CCC(=O)O)C(=O)N[C@@H](C)C(=O)N[C@@H](CC(N)=O)C(=O)O. The summed E-state index contributed by atoms with van der Waals surface area (Å²) < 4.78 is 0. The molecule has 30 N–H and O–H groups in total. The van der Waals surface area contributed by atoms with Crippen molar-refractivity contribution in [3.8, 4) is 0 Å². The highest BCUT2D eigenvalue weighted by molar-refractivity contribution is 7.98. The van der Waals surface area contributed by atoms with Gasteiger partial charge in [0.15, 0.2) is 0 Å². The van der Waals surface area contributed by atoms with Gasteiger partial charge in [0.1, 0.15) is 103 Å². The average molecular weight is 2100 g/mol. The van der Waals surface area contributed by atoms with Crippen LogP contribution in [0, 0.1) is 41.4 Å². The van der Waals surface area contributed by atoms with Gasteiger partial charge in [0.2, 0.25) is 112 Å². The Morgan fingerprint density at radius 1 is 0.340 bits per heavy atom. The summed E-state index contributed by atoms with van der Waals surface area (Å²) in [4.78, 5) is 290. The molecule has 49 heteroatoms. The van der Waals surface area contributed by atoms with Crippen LogP contribution in [0.5, 0.6) is 0 Å². The van der Waals surface area contributed by atoms with E-state index in [1.807, 2.05) is 19.2 Å². The minimum absolute atomic E-state index is 0.0609. The molecule has 0 aromatic heterocycles. The second-order valence-corrected chi connectivity index (χ2v) is 39.6. The Bertz CT molecular complexity index is 4640. The van der Waals surface area contributed by atoms with Crippen LogP contribution in [0.4, 0.5) is 0 Å². The van der Waals surface area contributed by atoms with E-state index in [2.05, 4.69) is 90.4 Å². The van der Waals surface area contributed by atoms with Crippen LogP contribution in [0.1, 0.15) is 212 Å². The summed E-state index contributed by atoms with van der Waals surface area (Å²) in [5.41, 5.74) is 17.8. The Hall–Kier alpha value is -12.6. The van der Waals surface area contributed by atoms with Crippen molar-refractivity contribution < 1.29 is 131 Å². The van der Waals surface area contributed by atoms with E-state index in [4.69, 9.17) is 17.2 Å². The molecule has 0 radical (unpaired) electrons. The van der Waals surface area contributed by atoms with E-state index in [-0.39, 0.29) is 93.6 Å². The molecule has 147 heavy (non-hydrogen) atoms. The zero-order valence-electron chi connectivity index (χ0n) is 87.2. The molecule has 2 aromatic rings. The molecule has 0 aliphatic rings. The van der Waals surface area contributed by atoms with Crippen LogP contribution >= 0.6 is 11.8 Å². The number of hydrogen-bond acceptors (Lipinski definition) is 28. The Morgan fingerprint density at radius 3 is 1.02 bits per heavy atom. The van der Waals surface area contributed by atoms with Gasteiger partial charge in [-0.3, -0.25) is 95.9 Å². The predicted octanol–water partition coefficient (Wildman–Crippen LogP) is -4.44. The third-order valence-corrected chi connectivity index (χ3v) is 24.8. The highest BCUT2D eigenvalue weighted by Gasteiger charge is 2.43. The Balaban J connectivity index is 2.48. The molecule has 0 unspecified atom stereocenters. The molecule has 0 spiro atoms. The van der Waals surface area contributed by atoms with Gasteiger partial charge in [-0.2, -0.15) is 11.8 Å². The van der Waals surface area contributed by atoms with Crippen LogP contribution in [0.25, 0.3) is 0 Å². The normalized spacial score (nSPS) is 15.8. The summed E-state index contributed by atoms with van der Waals surface area (Å²) in [5, 5.41) is 107. The zero-order chi connectivity index (χ0) is 111. The third kappa shape index (κ3) is 48.3. The Labute approximate surface area is 862 Å². The lowest BCUT2D eigenvalue weighted by atomic mass is 9.95. The van der Waals surface area contributed by atoms with Crippen molar-refractivity contribution in [2.75, 3.05) is 44.9 Å². The molecule has 0 bridgehead atoms. The smallest absolute Gasteiger partial charge is 0.326 e. The van der Waals surface area contributed by atoms with Gasteiger partial charge >= 0.3 is 11.9 Å². The number of unbranched alkanes of at least 4 members (excludes halogenated alkanes) is 1. The predicted molar refractivity (Wildman–Crippen MR) is 543 cm³/mol. The van der Waals surface area contributed by atoms with Crippen molar-refractivity contribution in [2.45, 2.75) is 328 Å². The standard InChI is InChI=1S/C98H161N21O27S/c1-18-54(12)77(94(141)106-63(36-38-147-17)85(132)113-71(47-120)91(138)105-62(34-35-76(126)127)84(131)103-57(15)81(128)112-70(98(145)146)45-74(101)124)116-90(137)69(44-60-31-25-22-26-32-60)111-95(142)78(55(13)19-2)117-92(139)72(48-121)114-88(135)66(41-52(8)9)109-86(133)65(40-51(6)7)108-87(134)67(42-53(10)11)110-96(143)79(56(14)20-3)118-97(144)80(58(16)123)119-93(140)73(49-122)115-89(136)68(43-59-29-23-21-24-30-59)104-75(125)46-102-83(130)64(39-50(4)5)107-82(129)61(100)33-27-28-37-99/h21-26,29-32,50-58,61-73,77-80,120-123H,18-20,27-28,33-49,99-100H2,1-17H3,(H2,101,124)(H,102,130)(H,103,131)(H,104,125)(H,105,138)(H,106,141)(H,107,129)(H,108,134)(H,109,133)(H,110,143)(H,111,142)(H,112,128)(H,113,132)(H,114,135)(H,115,136)(H,116,137)(H,117,139)(H,118,144)(H,119,140)(H,126,127)(H,145,146)/t54-,55-,56-,57-,58+,61-,62-,63-,64-,65-,66-,67-,68-,69-,70-,71-,72-,73-,77-,78-,79-,80-/m0/s1. The highest BCUT2D eigenvalue weighted by atomic mass is 32.2. The number of aliphatic hydroxyl groups is 4. The summed E-state index contributed by atoms with van der Waals surface area (Å²) in [5.74, 6) is -25.0. The molecule has 0 saturated heterocycles. The van der Waals surface area contributed by atoms with Crippen molar-refractivity contribution in [2.24, 2.45) is 58.6 Å². The number of carbonyl (C=O) groups excluding carboxylic acids is 19. The summed E-state index contributed by atoms with van der Waals surface area (Å²) in [6.07, 6.45) is -0.637. The summed E-state index contributed by atoms with van der Waals surface area (Å²) in [6, 6.07) is -11.3. The number of carbonyl (C=O) groups is 21. The average Bonchev–Trinajstić information content (AvgIpc) is 0.835. The molecule has 0 heterocycles. The van der Waals surface area contributed by atoms with Crippen molar-refractivity contribution in [1.82, 2.24) is 95.7 Å². The maximum Gasteiger partial charge on any atom is 0.326 e. The lowest BCUT2D eigenvalue weighted by molar-refractivity contribution is -0.143. The maximum atomic E-state index is 14.9. The van der Waals surface area contributed by atoms with Crippen LogP contribution in [-0.2, 0) is 114 Å². The first-order chi connectivity index (χ1) is 69.1. The van der Waals surface area contributed by atoms with Gasteiger partial charge < -0.3 is 144 Å². The quantitative estimate of drug-likeness (QED) is 0.0278. The summed E-state index contributed by atoms with van der Waals surface area (Å²) >= 11 is 1.25. The van der Waals surface area contributed by atoms with Crippen LogP contribution < -0.4 is 113 Å². The first-order valence-corrected chi connectivity index (χ1v) is 51.2. The summed E-state index contributed by atoms with van der Waals surface area (Å²) in [6.45, 7) is 22.6. The van der Waals surface area contributed by atoms with E-state index in [0.29, 0.717) is 36.9 Å². The molecule has 0 fully saturated rings. The minimum atomic E-state index is -1.89. The Kier molecular flexibility index (Phi) is 60.4. The molecule has 0 aliphatic heterocycles. The molecule has 0 aliphatic carbocycles. The van der Waals surface area contributed by atoms with Gasteiger partial charge in [0, 0.05) is 19.3 Å². The van der Waals surface area contributed by atoms with Gasteiger partial charge in [-0.15, -0.1) is 0 Å². The minimum Gasteiger partial charge on any atom is -0.481 e. The fourth-order valence-electron chi connectivity index (χ4n) is 15.0. The molecule has 826 valence electrons. The fourth-order valence-corrected chi connectivity index (χ4v) is 15.5. The molecule has 22 atom stereocenters. The van der Waals surface area contributed by atoms with E-state index < -0.39 is 302 Å². The molecule has 2 aromatic carbocycles. The third-order valence-electron chi connectivity index (χ3n) is 24.1. The van der Waals surface area contributed by atoms with E-state index in [1.54, 1.807) is 150 Å². The fraction of sp³-hybridized carbons (Fsp3) is 0.663. The van der Waals surface area contributed by atoms with E-state index in [1.165, 1.54) is 11.8 Å². The summed E-state index contributed by atoms with van der Waals surface area (Å²) in [7, 11) is 0. The number of hydrogen-bond donors (Lipinski definition) is 27. The lowest BCUT2D eigenvalue weighted by Gasteiger charge is -2.31. The number of aliphatic hydroxyl groups excluding tert-OH is 4. The topological polar surface area (TPSA) is 774 Å². The maximum absolute atomic E-state index is 14.9. The van der Waals surface area contributed by atoms with Crippen LogP contribution in [0.3, 0.4) is 0 Å². The number of thioether (sulfide) groups is 1. The number of amides is 19. The van der Waals surface area contributed by atoms with E-state index >= 15 is 0 Å². The van der Waals surface area contributed by atoms with Gasteiger partial charge in [-0.25, -0.2) is 4.79 Å². The van der Waals surface area contributed by atoms with Crippen LogP contribution in [0.2, 0.25) is 0 Å². The molecular weight excluding hydrogens is 1940 g/mol. The first-order valence-electron chi connectivity index (χ1n) is 49.8. The molecule has 2 rings (SSSR count). The van der Waals surface area contributed by atoms with Gasteiger partial charge in [0.25, 0.3) is 0 Å². The van der Waals surface area contributed by atoms with E-state index in [9.17, 15) is 131 Å². The number of nitrogens with one attached hydrogen (secondary N) is 18. The highest BCUT2D eigenvalue weighted by Crippen LogP contribution is 2.20. The van der Waals surface area contributed by atoms with E-state index in [0.717, 1.165) is 13.8 Å². The van der Waals surface area contributed by atoms with Crippen molar-refractivity contribution in [3.63, 3.8) is 0 Å². The van der Waals surface area contributed by atoms with Gasteiger partial charge in [-0.05, 0) is 136 Å².